The third-order valence-corrected chi connectivity index (χ3v) is 2.03. The van der Waals surface area contributed by atoms with Crippen molar-refractivity contribution in [2.24, 2.45) is 0 Å². The molecule has 0 radical (unpaired) electrons. The second-order valence-electron chi connectivity index (χ2n) is 2.18. The van der Waals surface area contributed by atoms with Crippen molar-refractivity contribution < 1.29 is 9.31 Å². The van der Waals surface area contributed by atoms with Crippen LogP contribution in [0.5, 0.6) is 0 Å². The Hall–Kier alpha value is -1.14. The van der Waals surface area contributed by atoms with Crippen LogP contribution in [0.3, 0.4) is 0 Å². The summed E-state index contributed by atoms with van der Waals surface area (Å²) < 4.78 is 15.5. The summed E-state index contributed by atoms with van der Waals surface area (Å²) in [6.07, 6.45) is 0. The summed E-state index contributed by atoms with van der Waals surface area (Å²) in [6.45, 7) is 0. The van der Waals surface area contributed by atoms with Gasteiger partial charge in [0.15, 0.2) is 0 Å². The topological polar surface area (TPSA) is 55.2 Å². The molecule has 70 valence electrons. The first-order valence-corrected chi connectivity index (χ1v) is 4.24. The first-order valence-electron chi connectivity index (χ1n) is 3.42. The number of benzene rings is 1. The van der Waals surface area contributed by atoms with E-state index in [9.17, 15) is 14.5 Å². The van der Waals surface area contributed by atoms with Crippen molar-refractivity contribution in [3.05, 3.63) is 34.1 Å². The fraction of sp³-hybridized carbons (Fsp3) is 0.143. The number of hydrogen-bond donors (Lipinski definition) is 1. The van der Waals surface area contributed by atoms with Crippen LogP contribution in [0.1, 0.15) is 0 Å². The molecule has 6 heteroatoms. The zero-order valence-electron chi connectivity index (χ0n) is 6.78. The molecule has 1 aromatic carbocycles. The Labute approximate surface area is 78.4 Å². The van der Waals surface area contributed by atoms with Crippen molar-refractivity contribution in [3.63, 3.8) is 0 Å². The molecular weight excluding hydrogens is 195 g/mol. The van der Waals surface area contributed by atoms with Crippen molar-refractivity contribution in [2.45, 2.75) is 4.90 Å². The average molecular weight is 202 g/mol. The van der Waals surface area contributed by atoms with E-state index in [4.69, 9.17) is 0 Å². The summed E-state index contributed by atoms with van der Waals surface area (Å²) in [4.78, 5) is 10.2. The summed E-state index contributed by atoms with van der Waals surface area (Å²) in [5.41, 5.74) is -0.500. The Bertz CT molecular complexity index is 332. The number of halogens is 1. The Balaban J connectivity index is 3.04. The molecule has 0 unspecified atom stereocenters. The van der Waals surface area contributed by atoms with Crippen LogP contribution in [0.25, 0.3) is 0 Å². The molecular formula is C7H7FN2O2S. The van der Waals surface area contributed by atoms with Gasteiger partial charge in [0.05, 0.1) is 4.92 Å². The van der Waals surface area contributed by atoms with Crippen LogP contribution in [0, 0.1) is 15.9 Å². The number of hydrogen-bond acceptors (Lipinski definition) is 4. The molecule has 0 amide bonds. The SMILES string of the molecule is CNSc1ccc(F)c([N+](=O)[O-])c1. The van der Waals surface area contributed by atoms with Crippen LogP contribution in [-0.2, 0) is 0 Å². The van der Waals surface area contributed by atoms with Crippen molar-refractivity contribution in [1.82, 2.24) is 4.72 Å². The van der Waals surface area contributed by atoms with Gasteiger partial charge in [0, 0.05) is 11.0 Å². The molecule has 0 saturated carbocycles. The van der Waals surface area contributed by atoms with Crippen LogP contribution in [-0.4, -0.2) is 12.0 Å². The average Bonchev–Trinajstić information content (AvgIpc) is 2.08. The molecule has 0 spiro atoms. The highest BCUT2D eigenvalue weighted by Gasteiger charge is 2.13. The second kappa shape index (κ2) is 4.20. The smallest absolute Gasteiger partial charge is 0.263 e. The maximum Gasteiger partial charge on any atom is 0.305 e. The molecule has 0 saturated heterocycles. The largest absolute Gasteiger partial charge is 0.305 e. The lowest BCUT2D eigenvalue weighted by molar-refractivity contribution is -0.387. The van der Waals surface area contributed by atoms with Gasteiger partial charge in [0.2, 0.25) is 5.82 Å². The summed E-state index contributed by atoms with van der Waals surface area (Å²) in [5, 5.41) is 10.3. The van der Waals surface area contributed by atoms with Crippen LogP contribution in [0.2, 0.25) is 0 Å². The van der Waals surface area contributed by atoms with Gasteiger partial charge in [-0.3, -0.25) is 14.8 Å². The van der Waals surface area contributed by atoms with Crippen LogP contribution in [0.4, 0.5) is 10.1 Å². The maximum atomic E-state index is 12.8. The van der Waals surface area contributed by atoms with Crippen molar-refractivity contribution >= 4 is 17.6 Å². The molecule has 13 heavy (non-hydrogen) atoms. The summed E-state index contributed by atoms with van der Waals surface area (Å²) >= 11 is 1.19. The molecule has 1 aromatic rings. The Morgan fingerprint density at radius 3 is 2.85 bits per heavy atom. The fourth-order valence-corrected chi connectivity index (χ4v) is 1.36. The molecule has 0 heterocycles. The lowest BCUT2D eigenvalue weighted by Gasteiger charge is -1.98. The summed E-state index contributed by atoms with van der Waals surface area (Å²) in [6, 6.07) is 3.75. The summed E-state index contributed by atoms with van der Waals surface area (Å²) in [5.74, 6) is -0.814. The highest BCUT2D eigenvalue weighted by Crippen LogP contribution is 2.23. The van der Waals surface area contributed by atoms with E-state index in [0.29, 0.717) is 4.90 Å². The van der Waals surface area contributed by atoms with Crippen LogP contribution < -0.4 is 4.72 Å². The zero-order valence-corrected chi connectivity index (χ0v) is 7.60. The molecule has 0 aliphatic rings. The third-order valence-electron chi connectivity index (χ3n) is 1.33. The van der Waals surface area contributed by atoms with Gasteiger partial charge < -0.3 is 0 Å². The van der Waals surface area contributed by atoms with Gasteiger partial charge in [0.25, 0.3) is 0 Å². The quantitative estimate of drug-likeness (QED) is 0.462. The first kappa shape index (κ1) is 9.94. The number of nitro benzene ring substituents is 1. The van der Waals surface area contributed by atoms with E-state index < -0.39 is 16.4 Å². The molecule has 0 aliphatic heterocycles. The molecule has 0 bridgehead atoms. The minimum absolute atomic E-state index is 0.500. The van der Waals surface area contributed by atoms with E-state index in [1.807, 2.05) is 0 Å². The predicted molar refractivity (Wildman–Crippen MR) is 48.0 cm³/mol. The van der Waals surface area contributed by atoms with Gasteiger partial charge in [-0.2, -0.15) is 4.39 Å². The lowest BCUT2D eigenvalue weighted by Crippen LogP contribution is -1.95. The van der Waals surface area contributed by atoms with Crippen LogP contribution >= 0.6 is 11.9 Å². The highest BCUT2D eigenvalue weighted by atomic mass is 32.2. The minimum atomic E-state index is -0.814. The van der Waals surface area contributed by atoms with E-state index in [1.54, 1.807) is 7.05 Å². The lowest BCUT2D eigenvalue weighted by atomic mass is 10.3. The number of nitrogens with one attached hydrogen (secondary N) is 1. The maximum absolute atomic E-state index is 12.8. The monoisotopic (exact) mass is 202 g/mol. The zero-order chi connectivity index (χ0) is 9.84. The van der Waals surface area contributed by atoms with E-state index in [-0.39, 0.29) is 0 Å². The molecule has 0 aromatic heterocycles. The molecule has 0 atom stereocenters. The first-order chi connectivity index (χ1) is 6.15. The Kier molecular flexibility index (Phi) is 3.21. The predicted octanol–water partition coefficient (Wildman–Crippen LogP) is 1.96. The van der Waals surface area contributed by atoms with Gasteiger partial charge in [0.1, 0.15) is 0 Å². The Morgan fingerprint density at radius 1 is 1.62 bits per heavy atom. The summed E-state index contributed by atoms with van der Waals surface area (Å²) in [7, 11) is 1.68. The highest BCUT2D eigenvalue weighted by molar-refractivity contribution is 7.97. The fourth-order valence-electron chi connectivity index (χ4n) is 0.814. The van der Waals surface area contributed by atoms with Gasteiger partial charge in [-0.25, -0.2) is 0 Å². The third kappa shape index (κ3) is 2.40. The molecule has 1 N–H and O–H groups in total. The number of nitro groups is 1. The number of nitrogens with zero attached hydrogens (tertiary/aromatic N) is 1. The van der Waals surface area contributed by atoms with E-state index >= 15 is 0 Å². The van der Waals surface area contributed by atoms with Crippen LogP contribution in [0.15, 0.2) is 23.1 Å². The van der Waals surface area contributed by atoms with E-state index in [1.165, 1.54) is 24.1 Å². The standard InChI is InChI=1S/C7H7FN2O2S/c1-9-13-5-2-3-6(8)7(4-5)10(11)12/h2-4,9H,1H3. The Morgan fingerprint density at radius 2 is 2.31 bits per heavy atom. The van der Waals surface area contributed by atoms with E-state index in [2.05, 4.69) is 4.72 Å². The van der Waals surface area contributed by atoms with Gasteiger partial charge in [-0.15, -0.1) is 0 Å². The molecule has 4 nitrogen and oxygen atoms in total. The molecule has 0 aliphatic carbocycles. The second-order valence-corrected chi connectivity index (χ2v) is 3.26. The molecule has 0 fully saturated rings. The van der Waals surface area contributed by atoms with Gasteiger partial charge in [-0.05, 0) is 31.1 Å². The molecule has 1 rings (SSSR count). The minimum Gasteiger partial charge on any atom is -0.263 e. The van der Waals surface area contributed by atoms with Crippen molar-refractivity contribution in [3.8, 4) is 0 Å². The van der Waals surface area contributed by atoms with Crippen molar-refractivity contribution in [1.29, 1.82) is 0 Å². The van der Waals surface area contributed by atoms with E-state index in [0.717, 1.165) is 6.07 Å². The van der Waals surface area contributed by atoms with Gasteiger partial charge in [-0.1, -0.05) is 0 Å². The normalized spacial score (nSPS) is 10.0. The number of rotatable bonds is 3. The van der Waals surface area contributed by atoms with Crippen molar-refractivity contribution in [2.75, 3.05) is 7.05 Å². The van der Waals surface area contributed by atoms with Gasteiger partial charge >= 0.3 is 5.69 Å².